The lowest BCUT2D eigenvalue weighted by molar-refractivity contribution is -0.301. The van der Waals surface area contributed by atoms with Crippen LogP contribution in [0, 0.1) is 0 Å². The third-order valence-electron chi connectivity index (χ3n) is 9.60. The lowest BCUT2D eigenvalue weighted by Crippen LogP contribution is -2.59. The molecule has 1 heterocycles. The summed E-state index contributed by atoms with van der Waals surface area (Å²) in [6.07, 6.45) is 24.3. The Balaban J connectivity index is 1.75. The normalized spacial score (nSPS) is 22.8. The maximum absolute atomic E-state index is 11.6. The van der Waals surface area contributed by atoms with E-state index in [1.165, 1.54) is 122 Å². The number of rotatable bonds is 33. The van der Waals surface area contributed by atoms with Gasteiger partial charge in [-0.2, -0.15) is 0 Å². The molecule has 0 aromatic heterocycles. The maximum atomic E-state index is 11.6. The van der Waals surface area contributed by atoms with Crippen LogP contribution < -0.4 is 0 Å². The molecular weight excluding hydrogens is 600 g/mol. The van der Waals surface area contributed by atoms with Crippen LogP contribution in [0.2, 0.25) is 0 Å². The number of ketones is 1. The van der Waals surface area contributed by atoms with E-state index in [1.807, 2.05) is 0 Å². The van der Waals surface area contributed by atoms with Crippen molar-refractivity contribution in [3.05, 3.63) is 0 Å². The molecule has 0 aromatic rings. The Labute approximate surface area is 286 Å². The zero-order valence-corrected chi connectivity index (χ0v) is 30.0. The quantitative estimate of drug-likeness (QED) is 0.0420. The molecule has 0 aliphatic carbocycles. The van der Waals surface area contributed by atoms with Crippen molar-refractivity contribution in [2.45, 2.75) is 223 Å². The molecule has 0 unspecified atom stereocenters. The Bertz CT molecular complexity index is 705. The zero-order valence-electron chi connectivity index (χ0n) is 30.0. The molecule has 0 radical (unpaired) electrons. The Hall–Kier alpha value is -0.650. The first-order chi connectivity index (χ1) is 22.8. The second-order valence-electron chi connectivity index (χ2n) is 14.3. The van der Waals surface area contributed by atoms with Gasteiger partial charge in [0, 0.05) is 12.8 Å². The lowest BCUT2D eigenvalue weighted by atomic mass is 9.99. The highest BCUT2D eigenvalue weighted by molar-refractivity contribution is 5.78. The number of ether oxygens (including phenoxy) is 2. The second-order valence-corrected chi connectivity index (χ2v) is 14.3. The summed E-state index contributed by atoms with van der Waals surface area (Å²) >= 11 is 0. The average molecular weight is 675 g/mol. The predicted octanol–water partition coefficient (Wildman–Crippen LogP) is 6.65. The summed E-state index contributed by atoms with van der Waals surface area (Å²) in [5.74, 6) is 0.200. The molecule has 0 bridgehead atoms. The van der Waals surface area contributed by atoms with E-state index < -0.39 is 49.5 Å². The maximum Gasteiger partial charge on any atom is 0.186 e. The fourth-order valence-electron chi connectivity index (χ4n) is 6.52. The third kappa shape index (κ3) is 24.2. The minimum absolute atomic E-state index is 0.159. The first-order valence-electron chi connectivity index (χ1n) is 19.6. The van der Waals surface area contributed by atoms with E-state index >= 15 is 0 Å². The fraction of sp³-hybridized carbons (Fsp3) is 0.974. The lowest BCUT2D eigenvalue weighted by Gasteiger charge is -2.39. The van der Waals surface area contributed by atoms with Crippen molar-refractivity contribution >= 4 is 5.78 Å². The molecule has 1 aliphatic rings. The molecule has 0 saturated carbocycles. The van der Waals surface area contributed by atoms with E-state index in [9.17, 15) is 35.4 Å². The first kappa shape index (κ1) is 44.4. The van der Waals surface area contributed by atoms with E-state index in [-0.39, 0.29) is 12.4 Å². The molecule has 0 aromatic carbocycles. The van der Waals surface area contributed by atoms with E-state index in [0.29, 0.717) is 25.7 Å². The number of hydrogen-bond donors (Lipinski definition) is 6. The van der Waals surface area contributed by atoms with Crippen molar-refractivity contribution in [2.75, 3.05) is 13.2 Å². The van der Waals surface area contributed by atoms with Crippen molar-refractivity contribution < 1.29 is 44.9 Å². The molecule has 0 spiro atoms. The van der Waals surface area contributed by atoms with Crippen LogP contribution in [0.15, 0.2) is 0 Å². The van der Waals surface area contributed by atoms with Gasteiger partial charge in [-0.1, -0.05) is 141 Å². The van der Waals surface area contributed by atoms with Gasteiger partial charge in [-0.3, -0.25) is 4.79 Å². The summed E-state index contributed by atoms with van der Waals surface area (Å²) < 4.78 is 10.8. The topological polar surface area (TPSA) is 157 Å². The summed E-state index contributed by atoms with van der Waals surface area (Å²) in [5.41, 5.74) is 0. The molecule has 280 valence electrons. The van der Waals surface area contributed by atoms with Crippen LogP contribution in [0.5, 0.6) is 0 Å². The van der Waals surface area contributed by atoms with E-state index in [2.05, 4.69) is 0 Å². The van der Waals surface area contributed by atoms with Gasteiger partial charge in [-0.25, -0.2) is 0 Å². The molecule has 9 heteroatoms. The number of unbranched alkanes of at least 4 members (excludes halogenated alkanes) is 22. The number of aliphatic hydroxyl groups is 6. The number of carbonyl (C=O) groups excluding carboxylic acids is 1. The summed E-state index contributed by atoms with van der Waals surface area (Å²) in [6, 6.07) is 0. The summed E-state index contributed by atoms with van der Waals surface area (Å²) in [5, 5.41) is 58.3. The molecule has 1 rings (SSSR count). The van der Waals surface area contributed by atoms with Gasteiger partial charge >= 0.3 is 0 Å². The Morgan fingerprint density at radius 1 is 0.596 bits per heavy atom. The van der Waals surface area contributed by atoms with Crippen LogP contribution in [-0.2, 0) is 14.3 Å². The zero-order chi connectivity index (χ0) is 34.5. The highest BCUT2D eigenvalue weighted by atomic mass is 16.7. The first-order valence-corrected chi connectivity index (χ1v) is 19.6. The van der Waals surface area contributed by atoms with Gasteiger partial charge in [0.2, 0.25) is 0 Å². The van der Waals surface area contributed by atoms with Gasteiger partial charge in [0.1, 0.15) is 30.2 Å². The van der Waals surface area contributed by atoms with Crippen molar-refractivity contribution in [3.8, 4) is 0 Å². The van der Waals surface area contributed by atoms with Crippen LogP contribution in [0.3, 0.4) is 0 Å². The highest BCUT2D eigenvalue weighted by Crippen LogP contribution is 2.22. The predicted molar refractivity (Wildman–Crippen MR) is 187 cm³/mol. The summed E-state index contributed by atoms with van der Waals surface area (Å²) in [4.78, 5) is 11.6. The third-order valence-corrected chi connectivity index (χ3v) is 9.60. The molecule has 7 atom stereocenters. The van der Waals surface area contributed by atoms with Crippen LogP contribution >= 0.6 is 0 Å². The number of hydrogen-bond acceptors (Lipinski definition) is 9. The van der Waals surface area contributed by atoms with Crippen LogP contribution in [0.4, 0.5) is 0 Å². The van der Waals surface area contributed by atoms with Crippen LogP contribution in [0.25, 0.3) is 0 Å². The second kappa shape index (κ2) is 30.2. The van der Waals surface area contributed by atoms with Crippen LogP contribution in [0.1, 0.15) is 180 Å². The number of carbonyl (C=O) groups is 1. The number of Topliss-reactive ketones (excluding diaryl/α,β-unsaturated/α-hetero) is 1. The fourth-order valence-corrected chi connectivity index (χ4v) is 6.52. The van der Waals surface area contributed by atoms with E-state index in [0.717, 1.165) is 25.7 Å². The van der Waals surface area contributed by atoms with Gasteiger partial charge in [0.05, 0.1) is 25.4 Å². The monoisotopic (exact) mass is 675 g/mol. The van der Waals surface area contributed by atoms with Crippen molar-refractivity contribution in [3.63, 3.8) is 0 Å². The van der Waals surface area contributed by atoms with Gasteiger partial charge < -0.3 is 40.1 Å². The van der Waals surface area contributed by atoms with Crippen molar-refractivity contribution in [1.29, 1.82) is 0 Å². The molecule has 0 amide bonds. The molecule has 1 aliphatic heterocycles. The molecule has 6 N–H and O–H groups in total. The largest absolute Gasteiger partial charge is 0.394 e. The molecule has 1 saturated heterocycles. The molecular formula is C38H74O9. The Kier molecular flexibility index (Phi) is 28.5. The summed E-state index contributed by atoms with van der Waals surface area (Å²) in [6.45, 7) is 1.35. The molecule has 9 nitrogen and oxygen atoms in total. The highest BCUT2D eigenvalue weighted by Gasteiger charge is 2.43. The standard InChI is InChI=1S/C38H74O9/c1-31(40)29-33(42)26-24-22-20-18-16-14-12-10-8-6-4-2-3-5-7-9-11-13-15-17-19-21-23-25-32(41)27-28-46-38-37(45)36(44)35(43)34(30-39)47-38/h31-32,34-41,43-45H,2-30H2,1H3/t31-,32-,34-,35-,36+,37-,38+/m1/s1. The summed E-state index contributed by atoms with van der Waals surface area (Å²) in [7, 11) is 0. The van der Waals surface area contributed by atoms with Gasteiger partial charge in [-0.15, -0.1) is 0 Å². The van der Waals surface area contributed by atoms with Gasteiger partial charge in [0.15, 0.2) is 6.29 Å². The Morgan fingerprint density at radius 3 is 1.40 bits per heavy atom. The average Bonchev–Trinajstić information content (AvgIpc) is 3.04. The van der Waals surface area contributed by atoms with Crippen LogP contribution in [-0.4, -0.2) is 92.5 Å². The molecule has 47 heavy (non-hydrogen) atoms. The molecule has 1 fully saturated rings. The van der Waals surface area contributed by atoms with Gasteiger partial charge in [0.25, 0.3) is 0 Å². The van der Waals surface area contributed by atoms with E-state index in [4.69, 9.17) is 9.47 Å². The van der Waals surface area contributed by atoms with Crippen molar-refractivity contribution in [2.24, 2.45) is 0 Å². The van der Waals surface area contributed by atoms with Gasteiger partial charge in [-0.05, 0) is 26.2 Å². The smallest absolute Gasteiger partial charge is 0.186 e. The minimum Gasteiger partial charge on any atom is -0.394 e. The SMILES string of the molecule is C[C@@H](O)CC(=O)CCCCCCCCCCCCCCCCCCCCCCCCC[C@@H](O)CCO[C@H]1O[C@H](CO)[C@@H](O)[C@H](O)[C@H]1O. The van der Waals surface area contributed by atoms with E-state index in [1.54, 1.807) is 6.92 Å². The number of aliphatic hydroxyl groups excluding tert-OH is 6. The van der Waals surface area contributed by atoms with Crippen molar-refractivity contribution in [1.82, 2.24) is 0 Å². The Morgan fingerprint density at radius 2 is 1.00 bits per heavy atom. The minimum atomic E-state index is -1.45.